The highest BCUT2D eigenvalue weighted by atomic mass is 15.0. The average Bonchev–Trinajstić information content (AvgIpc) is 0.722. The lowest BCUT2D eigenvalue weighted by Crippen LogP contribution is -2.34. The molecule has 1 nitrogen and oxygen atoms in total. The molecule has 20 valence electrons. The Balaban J connectivity index is 3.02. The Bertz CT molecular complexity index is 22.4. The number of hydrogen-bond donors (Lipinski definition) is 0. The van der Waals surface area contributed by atoms with Crippen LogP contribution in [-0.4, -0.2) is 35.2 Å². The maximum atomic E-state index is 4.85. The molecule has 4 heteroatoms. The number of quaternary nitrogens is 1. The summed E-state index contributed by atoms with van der Waals surface area (Å²) in [5.74, 6) is 0. The van der Waals surface area contributed by atoms with Crippen LogP contribution in [0.3, 0.4) is 0 Å². The van der Waals surface area contributed by atoms with Gasteiger partial charge in [0.15, 0.2) is 0 Å². The van der Waals surface area contributed by atoms with Gasteiger partial charge in [0.05, 0.1) is 0 Å². The summed E-state index contributed by atoms with van der Waals surface area (Å²) in [7, 11) is 16.0. The topological polar surface area (TPSA) is 0 Å². The molecule has 0 aromatic carbocycles. The Labute approximate surface area is 36.2 Å². The molecule has 0 bridgehead atoms. The van der Waals surface area contributed by atoms with Gasteiger partial charge in [-0.25, -0.2) is 0 Å². The zero-order chi connectivity index (χ0) is 4.50. The minimum Gasteiger partial charge on any atom is -0.555 e. The van der Waals surface area contributed by atoms with Crippen molar-refractivity contribution in [1.82, 2.24) is 0 Å². The number of hydrogen-bond acceptors (Lipinski definition) is 0. The minimum absolute atomic E-state index is 0.500. The largest absolute Gasteiger partial charge is 0.555 e. The van der Waals surface area contributed by atoms with Crippen molar-refractivity contribution >= 4 is 23.9 Å². The minimum atomic E-state index is -0.500. The first-order valence-corrected chi connectivity index (χ1v) is 1.22. The van der Waals surface area contributed by atoms with E-state index in [1.54, 1.807) is 0 Å². The Morgan fingerprint density at radius 1 is 1.20 bits per heavy atom. The van der Waals surface area contributed by atoms with Crippen molar-refractivity contribution in [2.24, 2.45) is 0 Å². The zero-order valence-electron chi connectivity index (χ0n) is 3.18. The van der Waals surface area contributed by atoms with Crippen molar-refractivity contribution in [3.8, 4) is 0 Å². The SMILES string of the molecule is [B][N+]([B])([B])C. The van der Waals surface area contributed by atoms with Crippen LogP contribution in [0, 0.1) is 0 Å². The summed E-state index contributed by atoms with van der Waals surface area (Å²) in [5, 5.41) is 0. The summed E-state index contributed by atoms with van der Waals surface area (Å²) in [6, 6.07) is 0. The molecule has 0 aliphatic heterocycles. The van der Waals surface area contributed by atoms with E-state index in [9.17, 15) is 0 Å². The van der Waals surface area contributed by atoms with Crippen molar-refractivity contribution in [1.29, 1.82) is 0 Å². The van der Waals surface area contributed by atoms with Crippen molar-refractivity contribution in [3.05, 3.63) is 0 Å². The second-order valence-electron chi connectivity index (χ2n) is 1.22. The molecule has 0 aromatic heterocycles. The molecule has 0 spiro atoms. The van der Waals surface area contributed by atoms with Crippen LogP contribution in [0.15, 0.2) is 0 Å². The van der Waals surface area contributed by atoms with E-state index < -0.39 is 4.22 Å². The molecule has 5 heavy (non-hydrogen) atoms. The van der Waals surface area contributed by atoms with Gasteiger partial charge in [0.25, 0.3) is 0 Å². The van der Waals surface area contributed by atoms with E-state index in [1.165, 1.54) is 7.05 Å². The lowest BCUT2D eigenvalue weighted by atomic mass is 9.97. The third-order valence-electron chi connectivity index (χ3n) is 0. The fourth-order valence-electron chi connectivity index (χ4n) is 0. The lowest BCUT2D eigenvalue weighted by molar-refractivity contribution is -0.522. The molecule has 0 saturated heterocycles. The zero-order valence-corrected chi connectivity index (χ0v) is 3.18. The monoisotopic (exact) mass is 62.1 g/mol. The summed E-state index contributed by atoms with van der Waals surface area (Å²) in [4.78, 5) is 0. The van der Waals surface area contributed by atoms with Gasteiger partial charge in [-0.2, -0.15) is 0 Å². The molecule has 0 aliphatic rings. The Kier molecular flexibility index (Phi) is 1.13. The van der Waals surface area contributed by atoms with Gasteiger partial charge in [0, 0.05) is 7.05 Å². The molecular formula is CH3B3N+. The Morgan fingerprint density at radius 3 is 1.20 bits per heavy atom. The number of nitrogens with zero attached hydrogens (tertiary/aromatic N) is 1. The molecule has 0 heterocycles. The fourth-order valence-corrected chi connectivity index (χ4v) is 0. The highest BCUT2D eigenvalue weighted by Gasteiger charge is 1.95. The van der Waals surface area contributed by atoms with E-state index in [0.717, 1.165) is 0 Å². The van der Waals surface area contributed by atoms with E-state index in [0.29, 0.717) is 0 Å². The second kappa shape index (κ2) is 1.09. The van der Waals surface area contributed by atoms with Crippen LogP contribution < -0.4 is 0 Å². The van der Waals surface area contributed by atoms with Crippen LogP contribution in [0.1, 0.15) is 0 Å². The van der Waals surface area contributed by atoms with Gasteiger partial charge >= 0.3 is 23.9 Å². The number of rotatable bonds is 0. The van der Waals surface area contributed by atoms with Crippen molar-refractivity contribution in [2.75, 3.05) is 7.05 Å². The first-order chi connectivity index (χ1) is 2.00. The van der Waals surface area contributed by atoms with E-state index in [-0.39, 0.29) is 0 Å². The average molecular weight is 61.5 g/mol. The smallest absolute Gasteiger partial charge is 0.432 e. The maximum absolute atomic E-state index is 4.85. The van der Waals surface area contributed by atoms with Crippen LogP contribution in [0.2, 0.25) is 0 Å². The molecule has 0 amide bonds. The van der Waals surface area contributed by atoms with Crippen LogP contribution in [-0.2, 0) is 0 Å². The maximum Gasteiger partial charge on any atom is 0.432 e. The van der Waals surface area contributed by atoms with Crippen LogP contribution in [0.25, 0.3) is 0 Å². The Morgan fingerprint density at radius 2 is 1.20 bits per heavy atom. The normalized spacial score (nSPS) is 11.4. The third-order valence-corrected chi connectivity index (χ3v) is 0. The van der Waals surface area contributed by atoms with Crippen molar-refractivity contribution in [2.45, 2.75) is 0 Å². The molecule has 0 N–H and O–H groups in total. The van der Waals surface area contributed by atoms with Gasteiger partial charge in [-0.3, -0.25) is 0 Å². The van der Waals surface area contributed by atoms with Gasteiger partial charge in [-0.15, -0.1) is 0 Å². The van der Waals surface area contributed by atoms with Gasteiger partial charge < -0.3 is 4.22 Å². The molecule has 6 radical (unpaired) electrons. The summed E-state index contributed by atoms with van der Waals surface area (Å²) in [5.41, 5.74) is 0. The van der Waals surface area contributed by atoms with E-state index in [4.69, 9.17) is 23.9 Å². The first kappa shape index (κ1) is 5.15. The lowest BCUT2D eigenvalue weighted by Gasteiger charge is -2.17. The molecule has 0 fully saturated rings. The molecular weight excluding hydrogens is 58.5 g/mol. The molecule has 0 aliphatic carbocycles. The third kappa shape index (κ3) is 805. The molecule has 0 rings (SSSR count). The van der Waals surface area contributed by atoms with E-state index in [2.05, 4.69) is 0 Å². The summed E-state index contributed by atoms with van der Waals surface area (Å²) in [6.45, 7) is 0. The molecule has 0 unspecified atom stereocenters. The molecule has 0 atom stereocenters. The van der Waals surface area contributed by atoms with Crippen molar-refractivity contribution < 1.29 is 4.22 Å². The predicted molar refractivity (Wildman–Crippen MR) is 23.4 cm³/mol. The summed E-state index contributed by atoms with van der Waals surface area (Å²) < 4.78 is -0.500. The highest BCUT2D eigenvalue weighted by Crippen LogP contribution is 1.67. The Hall–Kier alpha value is 0.155. The predicted octanol–water partition coefficient (Wildman–Crippen LogP) is -1.32. The van der Waals surface area contributed by atoms with Gasteiger partial charge in [-0.05, 0) is 0 Å². The van der Waals surface area contributed by atoms with Crippen molar-refractivity contribution in [3.63, 3.8) is 0 Å². The summed E-state index contributed by atoms with van der Waals surface area (Å²) in [6.07, 6.45) is 0. The van der Waals surface area contributed by atoms with Crippen LogP contribution in [0.4, 0.5) is 0 Å². The van der Waals surface area contributed by atoms with Crippen LogP contribution in [0.5, 0.6) is 0 Å². The second-order valence-corrected chi connectivity index (χ2v) is 1.22. The molecule has 0 saturated carbocycles. The van der Waals surface area contributed by atoms with Gasteiger partial charge in [-0.1, -0.05) is 0 Å². The first-order valence-electron chi connectivity index (χ1n) is 1.22. The quantitative estimate of drug-likeness (QED) is 0.305. The van der Waals surface area contributed by atoms with Crippen LogP contribution >= 0.6 is 0 Å². The molecule has 0 aromatic rings. The van der Waals surface area contributed by atoms with E-state index >= 15 is 0 Å². The highest BCUT2D eigenvalue weighted by molar-refractivity contribution is 6.28. The fraction of sp³-hybridized carbons (Fsp3) is 1.00. The van der Waals surface area contributed by atoms with Gasteiger partial charge in [0.1, 0.15) is 0 Å². The summed E-state index contributed by atoms with van der Waals surface area (Å²) >= 11 is 0. The van der Waals surface area contributed by atoms with E-state index in [1.807, 2.05) is 0 Å². The standard InChI is InChI=1S/CH3B3N/c1-5(2,3)4/h1H3/q+1. The van der Waals surface area contributed by atoms with Gasteiger partial charge in [0.2, 0.25) is 0 Å².